The topological polar surface area (TPSA) is 59.8 Å². The summed E-state index contributed by atoms with van der Waals surface area (Å²) in [6.07, 6.45) is 1.21. The number of amides is 1. The lowest BCUT2D eigenvalue weighted by Gasteiger charge is -2.14. The molecule has 0 aliphatic carbocycles. The molecule has 1 N–H and O–H groups in total. The third kappa shape index (κ3) is 6.03. The third-order valence-corrected chi connectivity index (χ3v) is 6.47. The summed E-state index contributed by atoms with van der Waals surface area (Å²) >= 11 is 7.66. The van der Waals surface area contributed by atoms with Gasteiger partial charge in [0.15, 0.2) is 11.0 Å². The van der Waals surface area contributed by atoms with Crippen molar-refractivity contribution < 1.29 is 4.79 Å². The molecule has 1 amide bonds. The lowest BCUT2D eigenvalue weighted by atomic mass is 10.1. The Kier molecular flexibility index (Phi) is 7.81. The van der Waals surface area contributed by atoms with E-state index in [9.17, 15) is 4.79 Å². The molecule has 0 saturated carbocycles. The zero-order valence-electron chi connectivity index (χ0n) is 18.3. The molecule has 4 rings (SSSR count). The Morgan fingerprint density at radius 3 is 2.33 bits per heavy atom. The van der Waals surface area contributed by atoms with Crippen LogP contribution in [0.1, 0.15) is 31.4 Å². The number of aromatic nitrogens is 3. The summed E-state index contributed by atoms with van der Waals surface area (Å²) in [6, 6.07) is 27.6. The molecule has 0 saturated heterocycles. The van der Waals surface area contributed by atoms with Gasteiger partial charge in [0.1, 0.15) is 0 Å². The standard InChI is InChI=1S/C26H25ClN4OS/c1-19(20-9-4-2-5-10-20)28-24(32)13-8-18-33-26-30-29-25(21-14-16-22(27)17-15-21)31(26)23-11-6-3-7-12-23/h2-7,9-12,14-17,19H,8,13,18H2,1H3,(H,28,32). The summed E-state index contributed by atoms with van der Waals surface area (Å²) in [5, 5.41) is 13.4. The maximum Gasteiger partial charge on any atom is 0.220 e. The van der Waals surface area contributed by atoms with Crippen molar-refractivity contribution in [1.29, 1.82) is 0 Å². The lowest BCUT2D eigenvalue weighted by molar-refractivity contribution is -0.121. The number of halogens is 1. The van der Waals surface area contributed by atoms with Crippen molar-refractivity contribution in [1.82, 2.24) is 20.1 Å². The van der Waals surface area contributed by atoms with Crippen LogP contribution in [0.25, 0.3) is 17.1 Å². The minimum absolute atomic E-state index is 0.00512. The Morgan fingerprint density at radius 1 is 0.970 bits per heavy atom. The number of nitrogens with zero attached hydrogens (tertiary/aromatic N) is 3. The number of nitrogens with one attached hydrogen (secondary N) is 1. The smallest absolute Gasteiger partial charge is 0.220 e. The van der Waals surface area contributed by atoms with Gasteiger partial charge in [-0.3, -0.25) is 9.36 Å². The summed E-state index contributed by atoms with van der Waals surface area (Å²) in [6.45, 7) is 2.00. The summed E-state index contributed by atoms with van der Waals surface area (Å²) in [5.74, 6) is 1.58. The van der Waals surface area contributed by atoms with Crippen LogP contribution in [0.3, 0.4) is 0 Å². The van der Waals surface area contributed by atoms with Crippen LogP contribution in [0.15, 0.2) is 90.1 Å². The first-order valence-electron chi connectivity index (χ1n) is 10.9. The molecule has 1 aromatic heterocycles. The molecule has 0 spiro atoms. The molecule has 0 fully saturated rings. The van der Waals surface area contributed by atoms with Gasteiger partial charge in [-0.15, -0.1) is 10.2 Å². The Morgan fingerprint density at radius 2 is 1.64 bits per heavy atom. The van der Waals surface area contributed by atoms with Crippen LogP contribution in [-0.4, -0.2) is 26.4 Å². The van der Waals surface area contributed by atoms with Crippen molar-refractivity contribution in [3.63, 3.8) is 0 Å². The SMILES string of the molecule is CC(NC(=O)CCCSc1nnc(-c2ccc(Cl)cc2)n1-c1ccccc1)c1ccccc1. The average molecular weight is 477 g/mol. The second-order valence-corrected chi connectivity index (χ2v) is 9.13. The molecule has 168 valence electrons. The fraction of sp³-hybridized carbons (Fsp3) is 0.192. The van der Waals surface area contributed by atoms with Gasteiger partial charge in [-0.25, -0.2) is 0 Å². The lowest BCUT2D eigenvalue weighted by Crippen LogP contribution is -2.26. The second kappa shape index (κ2) is 11.2. The molecule has 1 heterocycles. The number of hydrogen-bond acceptors (Lipinski definition) is 4. The fourth-order valence-corrected chi connectivity index (χ4v) is 4.51. The van der Waals surface area contributed by atoms with Gasteiger partial charge in [0, 0.05) is 28.4 Å². The van der Waals surface area contributed by atoms with Crippen LogP contribution >= 0.6 is 23.4 Å². The monoisotopic (exact) mass is 476 g/mol. The Labute approximate surface area is 203 Å². The minimum atomic E-state index is -0.00512. The van der Waals surface area contributed by atoms with Gasteiger partial charge in [0.05, 0.1) is 6.04 Å². The first-order valence-corrected chi connectivity index (χ1v) is 12.2. The highest BCUT2D eigenvalue weighted by atomic mass is 35.5. The summed E-state index contributed by atoms with van der Waals surface area (Å²) < 4.78 is 2.05. The molecule has 1 atom stereocenters. The van der Waals surface area contributed by atoms with Crippen molar-refractivity contribution in [2.45, 2.75) is 31.0 Å². The minimum Gasteiger partial charge on any atom is -0.350 e. The van der Waals surface area contributed by atoms with Crippen LogP contribution in [0.2, 0.25) is 5.02 Å². The molecule has 3 aromatic carbocycles. The van der Waals surface area contributed by atoms with Gasteiger partial charge in [-0.1, -0.05) is 71.9 Å². The number of hydrogen-bond donors (Lipinski definition) is 1. The van der Waals surface area contributed by atoms with Crippen LogP contribution < -0.4 is 5.32 Å². The van der Waals surface area contributed by atoms with Gasteiger partial charge in [0.2, 0.25) is 5.91 Å². The fourth-order valence-electron chi connectivity index (χ4n) is 3.49. The first-order chi connectivity index (χ1) is 16.1. The van der Waals surface area contributed by atoms with Crippen LogP contribution in [-0.2, 0) is 4.79 Å². The van der Waals surface area contributed by atoms with E-state index in [1.165, 1.54) is 0 Å². The molecule has 4 aromatic rings. The summed E-state index contributed by atoms with van der Waals surface area (Å²) in [5.41, 5.74) is 3.03. The van der Waals surface area contributed by atoms with Gasteiger partial charge in [0.25, 0.3) is 0 Å². The number of carbonyl (C=O) groups excluding carboxylic acids is 1. The van der Waals surface area contributed by atoms with E-state index in [1.807, 2.05) is 96.4 Å². The third-order valence-electron chi connectivity index (χ3n) is 5.21. The van der Waals surface area contributed by atoms with Crippen LogP contribution in [0.4, 0.5) is 0 Å². The molecule has 0 aliphatic heterocycles. The number of para-hydroxylation sites is 1. The maximum absolute atomic E-state index is 12.4. The number of benzene rings is 3. The number of thioether (sulfide) groups is 1. The van der Waals surface area contributed by atoms with Gasteiger partial charge in [-0.05, 0) is 55.3 Å². The maximum atomic E-state index is 12.4. The van der Waals surface area contributed by atoms with Crippen molar-refractivity contribution in [2.75, 3.05) is 5.75 Å². The van der Waals surface area contributed by atoms with Gasteiger partial charge < -0.3 is 5.32 Å². The van der Waals surface area contributed by atoms with E-state index >= 15 is 0 Å². The summed E-state index contributed by atoms with van der Waals surface area (Å²) in [7, 11) is 0. The highest BCUT2D eigenvalue weighted by molar-refractivity contribution is 7.99. The zero-order valence-corrected chi connectivity index (χ0v) is 19.9. The van der Waals surface area contributed by atoms with E-state index in [-0.39, 0.29) is 11.9 Å². The Balaban J connectivity index is 1.40. The molecule has 0 aliphatic rings. The quantitative estimate of drug-likeness (QED) is 0.226. The number of rotatable bonds is 9. The second-order valence-electron chi connectivity index (χ2n) is 7.64. The van der Waals surface area contributed by atoms with Crippen LogP contribution in [0, 0.1) is 0 Å². The highest BCUT2D eigenvalue weighted by Crippen LogP contribution is 2.29. The van der Waals surface area contributed by atoms with E-state index in [1.54, 1.807) is 11.8 Å². The Hall–Kier alpha value is -3.09. The molecule has 5 nitrogen and oxygen atoms in total. The van der Waals surface area contributed by atoms with E-state index in [0.29, 0.717) is 11.4 Å². The van der Waals surface area contributed by atoms with E-state index in [2.05, 4.69) is 15.5 Å². The molecular formula is C26H25ClN4OS. The molecule has 0 bridgehead atoms. The summed E-state index contributed by atoms with van der Waals surface area (Å²) in [4.78, 5) is 12.4. The van der Waals surface area contributed by atoms with Crippen molar-refractivity contribution >= 4 is 29.3 Å². The van der Waals surface area contributed by atoms with Crippen molar-refractivity contribution in [3.05, 3.63) is 95.5 Å². The van der Waals surface area contributed by atoms with Gasteiger partial charge in [-0.2, -0.15) is 0 Å². The zero-order chi connectivity index (χ0) is 23.0. The number of carbonyl (C=O) groups is 1. The van der Waals surface area contributed by atoms with E-state index in [0.717, 1.165) is 40.0 Å². The first kappa shape index (κ1) is 23.1. The predicted octanol–water partition coefficient (Wildman–Crippen LogP) is 6.34. The predicted molar refractivity (Wildman–Crippen MR) is 135 cm³/mol. The van der Waals surface area contributed by atoms with Crippen molar-refractivity contribution in [3.8, 4) is 17.1 Å². The van der Waals surface area contributed by atoms with Crippen molar-refractivity contribution in [2.24, 2.45) is 0 Å². The largest absolute Gasteiger partial charge is 0.350 e. The van der Waals surface area contributed by atoms with E-state index in [4.69, 9.17) is 11.6 Å². The van der Waals surface area contributed by atoms with Crippen LogP contribution in [0.5, 0.6) is 0 Å². The van der Waals surface area contributed by atoms with Gasteiger partial charge >= 0.3 is 0 Å². The molecule has 0 radical (unpaired) electrons. The molecule has 1 unspecified atom stereocenters. The normalized spacial score (nSPS) is 11.8. The highest BCUT2D eigenvalue weighted by Gasteiger charge is 2.16. The average Bonchev–Trinajstić information content (AvgIpc) is 3.27. The van der Waals surface area contributed by atoms with E-state index < -0.39 is 0 Å². The molecule has 7 heteroatoms. The Bertz CT molecular complexity index is 1180. The molecule has 33 heavy (non-hydrogen) atoms. The molecular weight excluding hydrogens is 452 g/mol.